The molecule has 1 amide bonds. The first-order valence-electron chi connectivity index (χ1n) is 8.13. The van der Waals surface area contributed by atoms with Crippen LogP contribution in [0.15, 0.2) is 54.7 Å². The Labute approximate surface area is 146 Å². The second-order valence-electron chi connectivity index (χ2n) is 6.24. The van der Waals surface area contributed by atoms with Gasteiger partial charge in [-0.25, -0.2) is 9.07 Å². The van der Waals surface area contributed by atoms with Crippen molar-refractivity contribution in [2.75, 3.05) is 0 Å². The van der Waals surface area contributed by atoms with E-state index < -0.39 is 0 Å². The number of aryl methyl sites for hydroxylation is 2. The fraction of sp³-hybridized carbons (Fsp3) is 0.200. The minimum Gasteiger partial charge on any atom is -0.344 e. The van der Waals surface area contributed by atoms with Gasteiger partial charge in [-0.15, -0.1) is 0 Å². The number of aromatic nitrogens is 2. The van der Waals surface area contributed by atoms with E-state index >= 15 is 0 Å². The molecule has 0 aliphatic carbocycles. The molecule has 3 aromatic rings. The fourth-order valence-corrected chi connectivity index (χ4v) is 2.80. The number of nitrogens with zero attached hydrogens (tertiary/aromatic N) is 2. The van der Waals surface area contributed by atoms with Gasteiger partial charge in [0.15, 0.2) is 5.69 Å². The van der Waals surface area contributed by atoms with Gasteiger partial charge in [0.2, 0.25) is 0 Å². The maximum absolute atomic E-state index is 13.0. The van der Waals surface area contributed by atoms with Gasteiger partial charge in [-0.3, -0.25) is 4.79 Å². The molecule has 0 radical (unpaired) electrons. The minimum absolute atomic E-state index is 0.123. The largest absolute Gasteiger partial charge is 0.344 e. The molecule has 1 N–H and O–H groups in total. The van der Waals surface area contributed by atoms with Gasteiger partial charge in [0, 0.05) is 6.20 Å². The Bertz CT molecular complexity index is 879. The molecule has 0 saturated carbocycles. The monoisotopic (exact) mass is 337 g/mol. The number of halogens is 1. The predicted molar refractivity (Wildman–Crippen MR) is 95.3 cm³/mol. The van der Waals surface area contributed by atoms with E-state index in [1.54, 1.807) is 29.1 Å². The summed E-state index contributed by atoms with van der Waals surface area (Å²) in [6.45, 7) is 6.02. The summed E-state index contributed by atoms with van der Waals surface area (Å²) < 4.78 is 14.6. The van der Waals surface area contributed by atoms with E-state index in [1.807, 2.05) is 20.8 Å². The van der Waals surface area contributed by atoms with Crippen molar-refractivity contribution in [3.8, 4) is 5.69 Å². The Hall–Kier alpha value is -2.95. The van der Waals surface area contributed by atoms with Gasteiger partial charge in [-0.1, -0.05) is 29.3 Å². The third-order valence-corrected chi connectivity index (χ3v) is 4.00. The number of carbonyl (C=O) groups excluding carboxylic acids is 1. The normalized spacial score (nSPS) is 12.0. The Kier molecular flexibility index (Phi) is 4.65. The first kappa shape index (κ1) is 16.9. The number of rotatable bonds is 4. The third-order valence-electron chi connectivity index (χ3n) is 4.00. The molecular weight excluding hydrogens is 317 g/mol. The zero-order chi connectivity index (χ0) is 18.0. The molecule has 0 aliphatic heterocycles. The van der Waals surface area contributed by atoms with Gasteiger partial charge in [0.1, 0.15) is 5.82 Å². The highest BCUT2D eigenvalue weighted by Crippen LogP contribution is 2.17. The maximum atomic E-state index is 13.0. The lowest BCUT2D eigenvalue weighted by molar-refractivity contribution is 0.0934. The van der Waals surface area contributed by atoms with Crippen molar-refractivity contribution in [1.29, 1.82) is 0 Å². The summed E-state index contributed by atoms with van der Waals surface area (Å²) in [4.78, 5) is 12.5. The van der Waals surface area contributed by atoms with Gasteiger partial charge < -0.3 is 5.32 Å². The second kappa shape index (κ2) is 6.89. The molecule has 1 atom stereocenters. The molecule has 1 aromatic heterocycles. The summed E-state index contributed by atoms with van der Waals surface area (Å²) in [5.74, 6) is -0.552. The van der Waals surface area contributed by atoms with Crippen molar-refractivity contribution < 1.29 is 9.18 Å². The average Bonchev–Trinajstić information content (AvgIpc) is 3.04. The number of hydrogen-bond acceptors (Lipinski definition) is 2. The van der Waals surface area contributed by atoms with Crippen LogP contribution in [-0.2, 0) is 0 Å². The molecule has 0 aliphatic rings. The number of carbonyl (C=O) groups is 1. The number of amides is 1. The van der Waals surface area contributed by atoms with Crippen molar-refractivity contribution in [3.05, 3.63) is 82.9 Å². The Morgan fingerprint density at radius 3 is 2.36 bits per heavy atom. The average molecular weight is 337 g/mol. The summed E-state index contributed by atoms with van der Waals surface area (Å²) in [5, 5.41) is 7.24. The van der Waals surface area contributed by atoms with E-state index in [9.17, 15) is 9.18 Å². The molecule has 25 heavy (non-hydrogen) atoms. The maximum Gasteiger partial charge on any atom is 0.272 e. The van der Waals surface area contributed by atoms with E-state index in [0.29, 0.717) is 11.4 Å². The standard InChI is InChI=1S/C20H20FN3O/c1-13-10-14(2)12-16(11-13)15(3)22-20(25)19-8-9-24(23-19)18-6-4-17(21)5-7-18/h4-12,15H,1-3H3,(H,22,25). The van der Waals surface area contributed by atoms with Crippen LogP contribution < -0.4 is 5.32 Å². The topological polar surface area (TPSA) is 46.9 Å². The molecular formula is C20H20FN3O. The van der Waals surface area contributed by atoms with E-state index in [1.165, 1.54) is 12.1 Å². The molecule has 1 unspecified atom stereocenters. The highest BCUT2D eigenvalue weighted by Gasteiger charge is 2.15. The third kappa shape index (κ3) is 3.94. The van der Waals surface area contributed by atoms with Gasteiger partial charge in [-0.2, -0.15) is 5.10 Å². The van der Waals surface area contributed by atoms with E-state index in [0.717, 1.165) is 16.7 Å². The fourth-order valence-electron chi connectivity index (χ4n) is 2.80. The molecule has 0 saturated heterocycles. The van der Waals surface area contributed by atoms with Gasteiger partial charge in [0.05, 0.1) is 11.7 Å². The molecule has 1 heterocycles. The second-order valence-corrected chi connectivity index (χ2v) is 6.24. The highest BCUT2D eigenvalue weighted by atomic mass is 19.1. The molecule has 0 fully saturated rings. The molecule has 0 bridgehead atoms. The van der Waals surface area contributed by atoms with E-state index in [4.69, 9.17) is 0 Å². The van der Waals surface area contributed by atoms with Crippen molar-refractivity contribution in [3.63, 3.8) is 0 Å². The highest BCUT2D eigenvalue weighted by molar-refractivity contribution is 5.92. The van der Waals surface area contributed by atoms with Crippen molar-refractivity contribution in [1.82, 2.24) is 15.1 Å². The first-order valence-corrected chi connectivity index (χ1v) is 8.13. The van der Waals surface area contributed by atoms with Crippen LogP contribution in [0.3, 0.4) is 0 Å². The van der Waals surface area contributed by atoms with Crippen LogP contribution >= 0.6 is 0 Å². The summed E-state index contributed by atoms with van der Waals surface area (Å²) in [5.41, 5.74) is 4.40. The minimum atomic E-state index is -0.309. The number of hydrogen-bond donors (Lipinski definition) is 1. The van der Waals surface area contributed by atoms with Crippen LogP contribution in [0, 0.1) is 19.7 Å². The Morgan fingerprint density at radius 1 is 1.08 bits per heavy atom. The van der Waals surface area contributed by atoms with Crippen LogP contribution in [-0.4, -0.2) is 15.7 Å². The lowest BCUT2D eigenvalue weighted by Crippen LogP contribution is -2.27. The van der Waals surface area contributed by atoms with Crippen LogP contribution in [0.25, 0.3) is 5.69 Å². The first-order chi connectivity index (χ1) is 11.9. The predicted octanol–water partition coefficient (Wildman–Crippen LogP) is 4.12. The van der Waals surface area contributed by atoms with Gasteiger partial charge >= 0.3 is 0 Å². The lowest BCUT2D eigenvalue weighted by Gasteiger charge is -2.15. The van der Waals surface area contributed by atoms with Crippen molar-refractivity contribution in [2.45, 2.75) is 26.8 Å². The van der Waals surface area contributed by atoms with Crippen LogP contribution in [0.1, 0.15) is 40.1 Å². The Morgan fingerprint density at radius 2 is 1.72 bits per heavy atom. The molecule has 0 spiro atoms. The summed E-state index contributed by atoms with van der Waals surface area (Å²) in [6, 6.07) is 13.7. The van der Waals surface area contributed by atoms with Crippen LogP contribution in [0.5, 0.6) is 0 Å². The molecule has 5 heteroatoms. The van der Waals surface area contributed by atoms with E-state index in [2.05, 4.69) is 28.6 Å². The van der Waals surface area contributed by atoms with Gasteiger partial charge in [-0.05, 0) is 56.7 Å². The number of benzene rings is 2. The van der Waals surface area contributed by atoms with Crippen molar-refractivity contribution in [2.24, 2.45) is 0 Å². The van der Waals surface area contributed by atoms with Gasteiger partial charge in [0.25, 0.3) is 5.91 Å². The molecule has 128 valence electrons. The SMILES string of the molecule is Cc1cc(C)cc(C(C)NC(=O)c2ccn(-c3ccc(F)cc3)n2)c1. The lowest BCUT2D eigenvalue weighted by atomic mass is 10.0. The summed E-state index contributed by atoms with van der Waals surface area (Å²) in [7, 11) is 0. The Balaban J connectivity index is 1.74. The molecule has 2 aromatic carbocycles. The summed E-state index contributed by atoms with van der Waals surface area (Å²) >= 11 is 0. The van der Waals surface area contributed by atoms with Crippen LogP contribution in [0.4, 0.5) is 4.39 Å². The quantitative estimate of drug-likeness (QED) is 0.778. The van der Waals surface area contributed by atoms with Crippen LogP contribution in [0.2, 0.25) is 0 Å². The van der Waals surface area contributed by atoms with Crippen molar-refractivity contribution >= 4 is 5.91 Å². The summed E-state index contributed by atoms with van der Waals surface area (Å²) in [6.07, 6.45) is 1.68. The zero-order valence-corrected chi connectivity index (χ0v) is 14.5. The number of nitrogens with one attached hydrogen (secondary N) is 1. The smallest absolute Gasteiger partial charge is 0.272 e. The van der Waals surface area contributed by atoms with E-state index in [-0.39, 0.29) is 17.8 Å². The molecule has 3 rings (SSSR count). The molecule has 4 nitrogen and oxygen atoms in total. The zero-order valence-electron chi connectivity index (χ0n) is 14.5.